The predicted molar refractivity (Wildman–Crippen MR) is 67.9 cm³/mol. The number of benzene rings is 1. The van der Waals surface area contributed by atoms with Crippen LogP contribution in [-0.4, -0.2) is 41.8 Å². The van der Waals surface area contributed by atoms with Crippen LogP contribution in [-0.2, 0) is 20.8 Å². The quantitative estimate of drug-likeness (QED) is 0.685. The van der Waals surface area contributed by atoms with Crippen molar-refractivity contribution in [2.45, 2.75) is 12.5 Å². The number of hydrogen-bond acceptors (Lipinski definition) is 4. The first-order valence-corrected chi connectivity index (χ1v) is 5.97. The standard InChI is InChI=1S/C13H15N3O3/c14-10(6-9-4-2-1-3-5-9)13(19)16-7-11(17)15-12(18)8-16/h1-5,10H,6-8,14H2,(H,15,17,18)/t10-/m1/s1. The molecule has 1 saturated heterocycles. The van der Waals surface area contributed by atoms with Gasteiger partial charge in [0.15, 0.2) is 0 Å². The highest BCUT2D eigenvalue weighted by Crippen LogP contribution is 2.05. The first-order chi connectivity index (χ1) is 9.06. The molecule has 0 unspecified atom stereocenters. The van der Waals surface area contributed by atoms with E-state index in [9.17, 15) is 14.4 Å². The number of nitrogens with zero attached hydrogens (tertiary/aromatic N) is 1. The lowest BCUT2D eigenvalue weighted by atomic mass is 10.1. The number of imide groups is 1. The van der Waals surface area contributed by atoms with Gasteiger partial charge in [0.2, 0.25) is 17.7 Å². The predicted octanol–water partition coefficient (Wildman–Crippen LogP) is -0.959. The molecule has 1 aromatic carbocycles. The van der Waals surface area contributed by atoms with E-state index in [1.807, 2.05) is 30.3 Å². The van der Waals surface area contributed by atoms with Crippen molar-refractivity contribution in [2.75, 3.05) is 13.1 Å². The van der Waals surface area contributed by atoms with Crippen LogP contribution in [0.5, 0.6) is 0 Å². The normalized spacial score (nSPS) is 17.0. The second kappa shape index (κ2) is 5.62. The van der Waals surface area contributed by atoms with Crippen molar-refractivity contribution in [1.82, 2.24) is 10.2 Å². The molecule has 6 nitrogen and oxygen atoms in total. The number of carbonyl (C=O) groups excluding carboxylic acids is 3. The van der Waals surface area contributed by atoms with Crippen LogP contribution in [0.1, 0.15) is 5.56 Å². The van der Waals surface area contributed by atoms with E-state index in [1.54, 1.807) is 0 Å². The fourth-order valence-corrected chi connectivity index (χ4v) is 1.98. The van der Waals surface area contributed by atoms with Gasteiger partial charge >= 0.3 is 0 Å². The van der Waals surface area contributed by atoms with E-state index in [2.05, 4.69) is 5.32 Å². The Kier molecular flexibility index (Phi) is 3.91. The molecule has 1 aliphatic rings. The van der Waals surface area contributed by atoms with Crippen molar-refractivity contribution in [3.05, 3.63) is 35.9 Å². The Morgan fingerprint density at radius 1 is 1.21 bits per heavy atom. The zero-order chi connectivity index (χ0) is 13.8. The van der Waals surface area contributed by atoms with Crippen LogP contribution in [0.3, 0.4) is 0 Å². The van der Waals surface area contributed by atoms with Gasteiger partial charge in [-0.2, -0.15) is 0 Å². The lowest BCUT2D eigenvalue weighted by Crippen LogP contribution is -2.57. The zero-order valence-corrected chi connectivity index (χ0v) is 10.3. The first-order valence-electron chi connectivity index (χ1n) is 5.97. The third-order valence-electron chi connectivity index (χ3n) is 2.88. The molecular weight excluding hydrogens is 246 g/mol. The highest BCUT2D eigenvalue weighted by molar-refractivity contribution is 6.03. The third kappa shape index (κ3) is 3.38. The molecule has 0 bridgehead atoms. The summed E-state index contributed by atoms with van der Waals surface area (Å²) in [5, 5.41) is 2.14. The van der Waals surface area contributed by atoms with Crippen molar-refractivity contribution >= 4 is 17.7 Å². The summed E-state index contributed by atoms with van der Waals surface area (Å²) >= 11 is 0. The fourth-order valence-electron chi connectivity index (χ4n) is 1.98. The minimum atomic E-state index is -0.749. The summed E-state index contributed by atoms with van der Waals surface area (Å²) in [6.07, 6.45) is 0.381. The van der Waals surface area contributed by atoms with Gasteiger partial charge in [-0.1, -0.05) is 30.3 Å². The van der Waals surface area contributed by atoms with Crippen molar-refractivity contribution < 1.29 is 14.4 Å². The van der Waals surface area contributed by atoms with E-state index in [4.69, 9.17) is 5.73 Å². The van der Waals surface area contributed by atoms with E-state index in [0.29, 0.717) is 6.42 Å². The molecule has 1 aromatic rings. The molecule has 1 fully saturated rings. The van der Waals surface area contributed by atoms with Crippen LogP contribution in [0.4, 0.5) is 0 Å². The zero-order valence-electron chi connectivity index (χ0n) is 10.3. The monoisotopic (exact) mass is 261 g/mol. The maximum absolute atomic E-state index is 12.1. The van der Waals surface area contributed by atoms with Crippen LogP contribution in [0.15, 0.2) is 30.3 Å². The molecule has 1 atom stereocenters. The minimum absolute atomic E-state index is 0.118. The average molecular weight is 261 g/mol. The van der Waals surface area contributed by atoms with E-state index in [0.717, 1.165) is 5.56 Å². The van der Waals surface area contributed by atoms with Gasteiger partial charge in [0.05, 0.1) is 6.04 Å². The number of amides is 3. The molecule has 100 valence electrons. The van der Waals surface area contributed by atoms with Gasteiger partial charge < -0.3 is 10.6 Å². The van der Waals surface area contributed by atoms with E-state index in [-0.39, 0.29) is 19.0 Å². The third-order valence-corrected chi connectivity index (χ3v) is 2.88. The number of nitrogens with one attached hydrogen (secondary N) is 1. The van der Waals surface area contributed by atoms with Crippen molar-refractivity contribution in [3.8, 4) is 0 Å². The second-order valence-electron chi connectivity index (χ2n) is 4.46. The molecule has 0 aromatic heterocycles. The molecule has 0 radical (unpaired) electrons. The van der Waals surface area contributed by atoms with Crippen LogP contribution < -0.4 is 11.1 Å². The largest absolute Gasteiger partial charge is 0.323 e. The number of rotatable bonds is 3. The molecule has 0 spiro atoms. The fraction of sp³-hybridized carbons (Fsp3) is 0.308. The van der Waals surface area contributed by atoms with Crippen LogP contribution >= 0.6 is 0 Å². The van der Waals surface area contributed by atoms with Gasteiger partial charge in [-0.15, -0.1) is 0 Å². The molecule has 3 amide bonds. The van der Waals surface area contributed by atoms with Gasteiger partial charge in [0.25, 0.3) is 0 Å². The molecule has 1 aliphatic heterocycles. The summed E-state index contributed by atoms with van der Waals surface area (Å²) in [6, 6.07) is 8.61. The summed E-state index contributed by atoms with van der Waals surface area (Å²) in [4.78, 5) is 35.7. The summed E-state index contributed by atoms with van der Waals surface area (Å²) in [5.74, 6) is -1.33. The average Bonchev–Trinajstić information content (AvgIpc) is 2.37. The number of carbonyl (C=O) groups is 3. The lowest BCUT2D eigenvalue weighted by molar-refractivity contribution is -0.146. The minimum Gasteiger partial charge on any atom is -0.323 e. The Morgan fingerprint density at radius 2 is 1.79 bits per heavy atom. The second-order valence-corrected chi connectivity index (χ2v) is 4.46. The maximum atomic E-state index is 12.1. The summed E-state index contributed by atoms with van der Waals surface area (Å²) < 4.78 is 0. The van der Waals surface area contributed by atoms with Gasteiger partial charge in [-0.3, -0.25) is 19.7 Å². The van der Waals surface area contributed by atoms with Gasteiger partial charge in [0, 0.05) is 0 Å². The van der Waals surface area contributed by atoms with Gasteiger partial charge in [-0.25, -0.2) is 0 Å². The molecule has 0 aliphatic carbocycles. The van der Waals surface area contributed by atoms with Gasteiger partial charge in [0.1, 0.15) is 13.1 Å². The Morgan fingerprint density at radius 3 is 2.37 bits per heavy atom. The number of piperazine rings is 1. The smallest absolute Gasteiger partial charge is 0.246 e. The summed E-state index contributed by atoms with van der Waals surface area (Å²) in [5.41, 5.74) is 6.78. The first kappa shape index (κ1) is 13.2. The van der Waals surface area contributed by atoms with E-state index < -0.39 is 17.9 Å². The molecule has 2 rings (SSSR count). The van der Waals surface area contributed by atoms with Crippen LogP contribution in [0.25, 0.3) is 0 Å². The van der Waals surface area contributed by atoms with Crippen molar-refractivity contribution in [2.24, 2.45) is 5.73 Å². The van der Waals surface area contributed by atoms with Crippen LogP contribution in [0, 0.1) is 0 Å². The Hall–Kier alpha value is -2.21. The highest BCUT2D eigenvalue weighted by Gasteiger charge is 2.29. The Balaban J connectivity index is 1.99. The molecular formula is C13H15N3O3. The Labute approximate surface area is 110 Å². The van der Waals surface area contributed by atoms with E-state index >= 15 is 0 Å². The molecule has 3 N–H and O–H groups in total. The summed E-state index contributed by atoms with van der Waals surface area (Å²) in [6.45, 7) is -0.236. The topological polar surface area (TPSA) is 92.5 Å². The van der Waals surface area contributed by atoms with Gasteiger partial charge in [-0.05, 0) is 12.0 Å². The van der Waals surface area contributed by atoms with Crippen LogP contribution in [0.2, 0.25) is 0 Å². The SMILES string of the molecule is N[C@H](Cc1ccccc1)C(=O)N1CC(=O)NC(=O)C1. The Bertz CT molecular complexity index is 485. The summed E-state index contributed by atoms with van der Waals surface area (Å²) in [7, 11) is 0. The molecule has 0 saturated carbocycles. The lowest BCUT2D eigenvalue weighted by Gasteiger charge is -2.27. The highest BCUT2D eigenvalue weighted by atomic mass is 16.2. The van der Waals surface area contributed by atoms with Crippen molar-refractivity contribution in [3.63, 3.8) is 0 Å². The molecule has 1 heterocycles. The number of nitrogens with two attached hydrogens (primary N) is 1. The maximum Gasteiger partial charge on any atom is 0.246 e. The number of hydrogen-bond donors (Lipinski definition) is 2. The van der Waals surface area contributed by atoms with Crippen molar-refractivity contribution in [1.29, 1.82) is 0 Å². The molecule has 6 heteroatoms. The van der Waals surface area contributed by atoms with E-state index in [1.165, 1.54) is 4.90 Å². The molecule has 19 heavy (non-hydrogen) atoms.